The number of oxazole rings is 1. The molecule has 0 radical (unpaired) electrons. The second kappa shape index (κ2) is 9.77. The Balaban J connectivity index is 1.29. The molecule has 3 aromatic heterocycles. The first kappa shape index (κ1) is 22.3. The van der Waals surface area contributed by atoms with Gasteiger partial charge in [0, 0.05) is 36.8 Å². The fraction of sp³-hybridized carbons (Fsp3) is 0.308. The molecule has 1 atom stereocenters. The number of para-hydroxylation sites is 1. The molecule has 1 fully saturated rings. The molecule has 8 heteroatoms. The second-order valence-electron chi connectivity index (χ2n) is 8.44. The van der Waals surface area contributed by atoms with Crippen LogP contribution in [-0.4, -0.2) is 46.0 Å². The molecule has 4 heterocycles. The molecule has 0 unspecified atom stereocenters. The molecule has 0 aliphatic carbocycles. The van der Waals surface area contributed by atoms with Gasteiger partial charge in [-0.25, -0.2) is 9.97 Å². The fourth-order valence-corrected chi connectivity index (χ4v) is 5.18. The average Bonchev–Trinajstić information content (AvgIpc) is 3.53. The Morgan fingerprint density at radius 3 is 2.94 bits per heavy atom. The second-order valence-corrected chi connectivity index (χ2v) is 9.30. The van der Waals surface area contributed by atoms with Crippen LogP contribution in [0.2, 0.25) is 0 Å². The first-order valence-electron chi connectivity index (χ1n) is 11.3. The summed E-state index contributed by atoms with van der Waals surface area (Å²) >= 11 is 1.53. The van der Waals surface area contributed by atoms with Crippen LogP contribution in [0.1, 0.15) is 52.0 Å². The quantitative estimate of drug-likeness (QED) is 0.386. The van der Waals surface area contributed by atoms with E-state index in [0.29, 0.717) is 24.4 Å². The highest BCUT2D eigenvalue weighted by Gasteiger charge is 2.29. The summed E-state index contributed by atoms with van der Waals surface area (Å²) in [6.07, 6.45) is 5.95. The van der Waals surface area contributed by atoms with Crippen molar-refractivity contribution in [1.29, 1.82) is 0 Å². The van der Waals surface area contributed by atoms with Gasteiger partial charge in [-0.3, -0.25) is 9.78 Å². The average molecular weight is 475 g/mol. The third-order valence-electron chi connectivity index (χ3n) is 6.17. The van der Waals surface area contributed by atoms with E-state index in [2.05, 4.69) is 15.0 Å². The summed E-state index contributed by atoms with van der Waals surface area (Å²) in [7, 11) is 1.67. The van der Waals surface area contributed by atoms with E-state index in [1.54, 1.807) is 31.1 Å². The van der Waals surface area contributed by atoms with Crippen LogP contribution in [0.15, 0.2) is 58.7 Å². The molecule has 1 saturated heterocycles. The maximum atomic E-state index is 13.3. The van der Waals surface area contributed by atoms with Crippen molar-refractivity contribution in [1.82, 2.24) is 19.9 Å². The molecule has 1 aliphatic heterocycles. The van der Waals surface area contributed by atoms with Gasteiger partial charge in [0.1, 0.15) is 11.5 Å². The lowest BCUT2D eigenvalue weighted by Gasteiger charge is -2.31. The van der Waals surface area contributed by atoms with E-state index in [4.69, 9.17) is 9.15 Å². The van der Waals surface area contributed by atoms with Gasteiger partial charge in [-0.15, -0.1) is 11.3 Å². The van der Waals surface area contributed by atoms with Crippen molar-refractivity contribution in [2.24, 2.45) is 0 Å². The minimum absolute atomic E-state index is 0.0105. The molecule has 4 aromatic rings. The number of thiazole rings is 1. The summed E-state index contributed by atoms with van der Waals surface area (Å²) in [4.78, 5) is 29.5. The zero-order valence-corrected chi connectivity index (χ0v) is 20.0. The van der Waals surface area contributed by atoms with Gasteiger partial charge in [0.2, 0.25) is 0 Å². The Kier molecular flexibility index (Phi) is 6.40. The van der Waals surface area contributed by atoms with Crippen LogP contribution in [0.3, 0.4) is 0 Å². The summed E-state index contributed by atoms with van der Waals surface area (Å²) in [6.45, 7) is 3.27. The summed E-state index contributed by atoms with van der Waals surface area (Å²) in [5, 5.41) is 0. The van der Waals surface area contributed by atoms with E-state index in [0.717, 1.165) is 52.7 Å². The number of carbonyl (C=O) groups excluding carboxylic acids is 1. The number of likely N-dealkylation sites (tertiary alicyclic amines) is 1. The topological polar surface area (TPSA) is 81.4 Å². The monoisotopic (exact) mass is 474 g/mol. The van der Waals surface area contributed by atoms with Gasteiger partial charge in [0.25, 0.3) is 5.91 Å². The van der Waals surface area contributed by atoms with Crippen LogP contribution in [0, 0.1) is 6.92 Å². The summed E-state index contributed by atoms with van der Waals surface area (Å²) in [6, 6.07) is 11.6. The number of carbonyl (C=O) groups is 1. The highest BCUT2D eigenvalue weighted by atomic mass is 32.1. The van der Waals surface area contributed by atoms with Crippen molar-refractivity contribution < 1.29 is 13.9 Å². The fourth-order valence-electron chi connectivity index (χ4n) is 4.41. The van der Waals surface area contributed by atoms with Crippen LogP contribution >= 0.6 is 11.3 Å². The van der Waals surface area contributed by atoms with E-state index in [9.17, 15) is 4.79 Å². The van der Waals surface area contributed by atoms with Gasteiger partial charge in [-0.2, -0.15) is 0 Å². The van der Waals surface area contributed by atoms with Gasteiger partial charge in [0.05, 0.1) is 41.0 Å². The van der Waals surface area contributed by atoms with Crippen LogP contribution in [0.25, 0.3) is 10.6 Å². The first-order valence-corrected chi connectivity index (χ1v) is 12.2. The molecule has 1 amide bonds. The van der Waals surface area contributed by atoms with Gasteiger partial charge < -0.3 is 14.1 Å². The van der Waals surface area contributed by atoms with Crippen LogP contribution in [0.5, 0.6) is 5.75 Å². The largest absolute Gasteiger partial charge is 0.496 e. The van der Waals surface area contributed by atoms with Gasteiger partial charge in [0.15, 0.2) is 5.89 Å². The summed E-state index contributed by atoms with van der Waals surface area (Å²) < 4.78 is 11.6. The number of rotatable bonds is 6. The molecule has 0 bridgehead atoms. The number of aryl methyl sites for hydroxylation is 1. The zero-order chi connectivity index (χ0) is 23.5. The molecule has 34 heavy (non-hydrogen) atoms. The third kappa shape index (κ3) is 4.59. The maximum absolute atomic E-state index is 13.3. The summed E-state index contributed by atoms with van der Waals surface area (Å²) in [5.74, 6) is 2.41. The SMILES string of the molecule is COc1ccccc1Cc1cnc([C@@H]2CCCN(C(=O)c3ccnc(-c4scnc4C)c3)C2)o1. The lowest BCUT2D eigenvalue weighted by atomic mass is 9.97. The van der Waals surface area contributed by atoms with Gasteiger partial charge >= 0.3 is 0 Å². The van der Waals surface area contributed by atoms with E-state index in [1.807, 2.05) is 42.2 Å². The number of aromatic nitrogens is 3. The highest BCUT2D eigenvalue weighted by Crippen LogP contribution is 2.30. The van der Waals surface area contributed by atoms with Crippen LogP contribution in [0.4, 0.5) is 0 Å². The van der Waals surface area contributed by atoms with Crippen molar-refractivity contribution in [2.45, 2.75) is 32.1 Å². The van der Waals surface area contributed by atoms with Gasteiger partial charge in [-0.1, -0.05) is 18.2 Å². The van der Waals surface area contributed by atoms with Crippen molar-refractivity contribution in [2.75, 3.05) is 20.2 Å². The molecular formula is C26H26N4O3S. The Morgan fingerprint density at radius 2 is 2.12 bits per heavy atom. The number of hydrogen-bond acceptors (Lipinski definition) is 7. The molecular weight excluding hydrogens is 448 g/mol. The maximum Gasteiger partial charge on any atom is 0.254 e. The Morgan fingerprint density at radius 1 is 1.24 bits per heavy atom. The zero-order valence-electron chi connectivity index (χ0n) is 19.2. The normalized spacial score (nSPS) is 15.9. The molecule has 174 valence electrons. The minimum atomic E-state index is 0.0105. The number of pyridine rings is 1. The number of hydrogen-bond donors (Lipinski definition) is 0. The van der Waals surface area contributed by atoms with Crippen LogP contribution < -0.4 is 4.74 Å². The third-order valence-corrected chi connectivity index (χ3v) is 7.12. The van der Waals surface area contributed by atoms with Crippen molar-refractivity contribution in [3.63, 3.8) is 0 Å². The number of methoxy groups -OCH3 is 1. The Bertz CT molecular complexity index is 1300. The van der Waals surface area contributed by atoms with E-state index in [-0.39, 0.29) is 11.8 Å². The number of amides is 1. The molecule has 7 nitrogen and oxygen atoms in total. The number of ether oxygens (including phenoxy) is 1. The number of piperidine rings is 1. The predicted octanol–water partition coefficient (Wildman–Crippen LogP) is 5.12. The number of nitrogens with zero attached hydrogens (tertiary/aromatic N) is 4. The van der Waals surface area contributed by atoms with E-state index < -0.39 is 0 Å². The van der Waals surface area contributed by atoms with Crippen LogP contribution in [-0.2, 0) is 6.42 Å². The lowest BCUT2D eigenvalue weighted by molar-refractivity contribution is 0.0698. The van der Waals surface area contributed by atoms with E-state index in [1.165, 1.54) is 11.3 Å². The molecule has 0 saturated carbocycles. The van der Waals surface area contributed by atoms with Gasteiger partial charge in [-0.05, 0) is 38.0 Å². The molecule has 5 rings (SSSR count). The Labute approximate surface area is 202 Å². The van der Waals surface area contributed by atoms with E-state index >= 15 is 0 Å². The minimum Gasteiger partial charge on any atom is -0.496 e. The standard InChI is InChI=1S/C26H26N4O3S/c1-17-24(34-16-29-17)22-13-19(9-10-27-22)26(31)30-11-5-7-20(15-30)25-28-14-21(33-25)12-18-6-3-4-8-23(18)32-2/h3-4,6,8-10,13-14,16,20H,5,7,11-12,15H2,1-2H3/t20-/m1/s1. The smallest absolute Gasteiger partial charge is 0.254 e. The molecule has 0 spiro atoms. The summed E-state index contributed by atoms with van der Waals surface area (Å²) in [5.41, 5.74) is 5.20. The molecule has 1 aliphatic rings. The Hall–Kier alpha value is -3.52. The molecule has 0 N–H and O–H groups in total. The lowest BCUT2D eigenvalue weighted by Crippen LogP contribution is -2.39. The highest BCUT2D eigenvalue weighted by molar-refractivity contribution is 7.13. The predicted molar refractivity (Wildman–Crippen MR) is 130 cm³/mol. The van der Waals surface area contributed by atoms with Crippen molar-refractivity contribution >= 4 is 17.2 Å². The number of benzene rings is 1. The van der Waals surface area contributed by atoms with Crippen molar-refractivity contribution in [3.8, 4) is 16.3 Å². The van der Waals surface area contributed by atoms with Crippen molar-refractivity contribution in [3.05, 3.63) is 82.8 Å². The first-order chi connectivity index (χ1) is 16.6. The molecule has 1 aromatic carbocycles.